The lowest BCUT2D eigenvalue weighted by Crippen LogP contribution is -1.95. The van der Waals surface area contributed by atoms with Gasteiger partial charge in [-0.25, -0.2) is 0 Å². The van der Waals surface area contributed by atoms with Crippen LogP contribution in [0.2, 0.25) is 0 Å². The molecule has 0 amide bonds. The van der Waals surface area contributed by atoms with E-state index in [1.54, 1.807) is 12.1 Å². The largest absolute Gasteiger partial charge is 0.253 e. The Morgan fingerprint density at radius 1 is 1.50 bits per heavy atom. The first kappa shape index (κ1) is 9.43. The molecule has 0 radical (unpaired) electrons. The molecule has 0 aliphatic rings. The zero-order valence-corrected chi connectivity index (χ0v) is 8.56. The fourth-order valence-corrected chi connectivity index (χ4v) is 2.38. The van der Waals surface area contributed by atoms with Crippen LogP contribution in [0.25, 0.3) is 0 Å². The summed E-state index contributed by atoms with van der Waals surface area (Å²) < 4.78 is 12.1. The molecule has 1 atom stereocenters. The van der Waals surface area contributed by atoms with Crippen molar-refractivity contribution in [2.45, 2.75) is 4.90 Å². The molecular formula is C8H6BrNOS. The number of nitriles is 1. The van der Waals surface area contributed by atoms with Crippen LogP contribution in [0.5, 0.6) is 0 Å². The maximum atomic E-state index is 11.3. The van der Waals surface area contributed by atoms with Crippen molar-refractivity contribution in [1.29, 1.82) is 5.26 Å². The Labute approximate surface area is 81.8 Å². The standard InChI is InChI=1S/C8H6BrNOS/c9-7-3-1-2-4-8(7)12(11)6-5-10/h1-4H,6H2. The zero-order chi connectivity index (χ0) is 8.97. The molecule has 1 rings (SSSR count). The van der Waals surface area contributed by atoms with Gasteiger partial charge in [0, 0.05) is 4.47 Å². The number of hydrogen-bond donors (Lipinski definition) is 0. The first-order valence-electron chi connectivity index (χ1n) is 3.25. The molecule has 12 heavy (non-hydrogen) atoms. The van der Waals surface area contributed by atoms with E-state index in [-0.39, 0.29) is 5.75 Å². The molecule has 0 bridgehead atoms. The maximum Gasteiger partial charge on any atom is 0.115 e. The molecule has 1 unspecified atom stereocenters. The molecule has 0 spiro atoms. The summed E-state index contributed by atoms with van der Waals surface area (Å²) in [5.41, 5.74) is 0. The highest BCUT2D eigenvalue weighted by molar-refractivity contribution is 9.10. The van der Waals surface area contributed by atoms with E-state index in [0.717, 1.165) is 4.47 Å². The van der Waals surface area contributed by atoms with Crippen molar-refractivity contribution in [2.75, 3.05) is 5.75 Å². The molecule has 1 aromatic rings. The number of rotatable bonds is 2. The summed E-state index contributed by atoms with van der Waals surface area (Å²) in [5, 5.41) is 8.33. The summed E-state index contributed by atoms with van der Waals surface area (Å²) in [5.74, 6) is 0.0443. The molecule has 62 valence electrons. The number of benzene rings is 1. The number of hydrogen-bond acceptors (Lipinski definition) is 2. The van der Waals surface area contributed by atoms with Gasteiger partial charge in [0.2, 0.25) is 0 Å². The Kier molecular flexibility index (Phi) is 3.45. The van der Waals surface area contributed by atoms with E-state index in [2.05, 4.69) is 15.9 Å². The zero-order valence-electron chi connectivity index (χ0n) is 6.16. The molecule has 0 saturated carbocycles. The summed E-state index contributed by atoms with van der Waals surface area (Å²) in [6.07, 6.45) is 0. The first-order chi connectivity index (χ1) is 5.75. The summed E-state index contributed by atoms with van der Waals surface area (Å²) >= 11 is 3.26. The van der Waals surface area contributed by atoms with Gasteiger partial charge in [0.15, 0.2) is 0 Å². The van der Waals surface area contributed by atoms with Crippen LogP contribution in [0.1, 0.15) is 0 Å². The molecule has 0 aliphatic carbocycles. The van der Waals surface area contributed by atoms with Crippen LogP contribution in [0, 0.1) is 11.3 Å². The fourth-order valence-electron chi connectivity index (χ4n) is 0.766. The average Bonchev–Trinajstić information content (AvgIpc) is 2.05. The smallest absolute Gasteiger partial charge is 0.115 e. The molecule has 0 saturated heterocycles. The van der Waals surface area contributed by atoms with Gasteiger partial charge in [0.1, 0.15) is 5.75 Å². The van der Waals surface area contributed by atoms with Crippen molar-refractivity contribution in [3.8, 4) is 6.07 Å². The molecule has 2 nitrogen and oxygen atoms in total. The Morgan fingerprint density at radius 2 is 2.17 bits per heavy atom. The fraction of sp³-hybridized carbons (Fsp3) is 0.125. The highest BCUT2D eigenvalue weighted by Gasteiger charge is 2.05. The van der Waals surface area contributed by atoms with Crippen molar-refractivity contribution in [2.24, 2.45) is 0 Å². The van der Waals surface area contributed by atoms with Gasteiger partial charge in [0.25, 0.3) is 0 Å². The lowest BCUT2D eigenvalue weighted by molar-refractivity contribution is 0.685. The van der Waals surface area contributed by atoms with Crippen molar-refractivity contribution in [3.05, 3.63) is 28.7 Å². The van der Waals surface area contributed by atoms with E-state index in [9.17, 15) is 4.21 Å². The Hall–Kier alpha value is -0.660. The first-order valence-corrected chi connectivity index (χ1v) is 5.36. The molecule has 0 aromatic heterocycles. The SMILES string of the molecule is N#CCS(=O)c1ccccc1Br. The molecule has 0 heterocycles. The van der Waals surface area contributed by atoms with Crippen molar-refractivity contribution in [1.82, 2.24) is 0 Å². The highest BCUT2D eigenvalue weighted by Crippen LogP contribution is 2.19. The van der Waals surface area contributed by atoms with Gasteiger partial charge in [-0.05, 0) is 28.1 Å². The van der Waals surface area contributed by atoms with Gasteiger partial charge in [-0.15, -0.1) is 0 Å². The minimum Gasteiger partial charge on any atom is -0.253 e. The van der Waals surface area contributed by atoms with Gasteiger partial charge in [-0.3, -0.25) is 4.21 Å². The molecule has 4 heteroatoms. The van der Waals surface area contributed by atoms with Crippen LogP contribution in [0.15, 0.2) is 33.6 Å². The second-order valence-electron chi connectivity index (χ2n) is 2.08. The van der Waals surface area contributed by atoms with Crippen LogP contribution in [0.4, 0.5) is 0 Å². The highest BCUT2D eigenvalue weighted by atomic mass is 79.9. The van der Waals surface area contributed by atoms with Crippen molar-refractivity contribution >= 4 is 26.7 Å². The Balaban J connectivity index is 2.97. The normalized spacial score (nSPS) is 12.0. The monoisotopic (exact) mass is 243 g/mol. The van der Waals surface area contributed by atoms with E-state index in [4.69, 9.17) is 5.26 Å². The predicted octanol–water partition coefficient (Wildman–Crippen LogP) is 2.08. The minimum atomic E-state index is -1.20. The minimum absolute atomic E-state index is 0.0443. The predicted molar refractivity (Wildman–Crippen MR) is 51.0 cm³/mol. The van der Waals surface area contributed by atoms with Crippen molar-refractivity contribution < 1.29 is 4.21 Å². The molecular weight excluding hydrogens is 238 g/mol. The molecule has 1 aromatic carbocycles. The van der Waals surface area contributed by atoms with E-state index >= 15 is 0 Å². The summed E-state index contributed by atoms with van der Waals surface area (Å²) in [6.45, 7) is 0. The van der Waals surface area contributed by atoms with Crippen LogP contribution >= 0.6 is 15.9 Å². The summed E-state index contributed by atoms with van der Waals surface area (Å²) in [6, 6.07) is 9.08. The van der Waals surface area contributed by atoms with Crippen molar-refractivity contribution in [3.63, 3.8) is 0 Å². The van der Waals surface area contributed by atoms with Gasteiger partial charge < -0.3 is 0 Å². The van der Waals surface area contributed by atoms with E-state index in [1.165, 1.54) is 0 Å². The quantitative estimate of drug-likeness (QED) is 0.799. The third-order valence-electron chi connectivity index (χ3n) is 1.28. The maximum absolute atomic E-state index is 11.3. The summed E-state index contributed by atoms with van der Waals surface area (Å²) in [4.78, 5) is 0.680. The Bertz CT molecular complexity index is 345. The van der Waals surface area contributed by atoms with E-state index in [1.807, 2.05) is 18.2 Å². The summed E-state index contributed by atoms with van der Waals surface area (Å²) in [7, 11) is -1.20. The molecule has 0 N–H and O–H groups in total. The van der Waals surface area contributed by atoms with Crippen LogP contribution in [-0.4, -0.2) is 9.96 Å². The third kappa shape index (κ3) is 2.16. The number of nitrogens with zero attached hydrogens (tertiary/aromatic N) is 1. The van der Waals surface area contributed by atoms with Gasteiger partial charge in [-0.2, -0.15) is 5.26 Å². The Morgan fingerprint density at radius 3 is 2.75 bits per heavy atom. The third-order valence-corrected chi connectivity index (χ3v) is 3.47. The van der Waals surface area contributed by atoms with Crippen LogP contribution < -0.4 is 0 Å². The molecule has 0 fully saturated rings. The second kappa shape index (κ2) is 4.39. The van der Waals surface area contributed by atoms with Crippen LogP contribution in [-0.2, 0) is 10.8 Å². The topological polar surface area (TPSA) is 40.9 Å². The average molecular weight is 244 g/mol. The molecule has 0 aliphatic heterocycles. The lowest BCUT2D eigenvalue weighted by atomic mass is 10.4. The van der Waals surface area contributed by atoms with Gasteiger partial charge in [-0.1, -0.05) is 12.1 Å². The second-order valence-corrected chi connectivity index (χ2v) is 4.35. The van der Waals surface area contributed by atoms with E-state index in [0.29, 0.717) is 4.90 Å². The van der Waals surface area contributed by atoms with Crippen LogP contribution in [0.3, 0.4) is 0 Å². The van der Waals surface area contributed by atoms with Gasteiger partial charge >= 0.3 is 0 Å². The number of halogens is 1. The van der Waals surface area contributed by atoms with Gasteiger partial charge in [0.05, 0.1) is 21.8 Å². The lowest BCUT2D eigenvalue weighted by Gasteiger charge is -1.99. The van der Waals surface area contributed by atoms with E-state index < -0.39 is 10.8 Å².